The van der Waals surface area contributed by atoms with E-state index in [1.165, 1.54) is 0 Å². The second-order valence-corrected chi connectivity index (χ2v) is 2.96. The normalized spacial score (nSPS) is 13.3. The highest BCUT2D eigenvalue weighted by Gasteiger charge is 2.10. The zero-order valence-electron chi connectivity index (χ0n) is 7.91. The van der Waals surface area contributed by atoms with Crippen molar-refractivity contribution < 1.29 is 5.11 Å². The summed E-state index contributed by atoms with van der Waals surface area (Å²) in [5.41, 5.74) is 1.95. The molecule has 0 aliphatic heterocycles. The molecule has 3 heteroatoms. The van der Waals surface area contributed by atoms with Gasteiger partial charge in [-0.1, -0.05) is 13.8 Å². The van der Waals surface area contributed by atoms with Crippen molar-refractivity contribution in [1.82, 2.24) is 9.78 Å². The van der Waals surface area contributed by atoms with Crippen LogP contribution in [0.5, 0.6) is 0 Å². The van der Waals surface area contributed by atoms with Crippen LogP contribution in [0.4, 0.5) is 0 Å². The molecule has 68 valence electrons. The molecule has 1 heterocycles. The molecule has 0 bridgehead atoms. The summed E-state index contributed by atoms with van der Waals surface area (Å²) in [6.45, 7) is 4.02. The molecule has 1 atom stereocenters. The number of hydrogen-bond acceptors (Lipinski definition) is 2. The molecular formula is C9H16N2O. The second kappa shape index (κ2) is 3.72. The van der Waals surface area contributed by atoms with Gasteiger partial charge in [-0.2, -0.15) is 5.10 Å². The summed E-state index contributed by atoms with van der Waals surface area (Å²) in [5, 5.41) is 13.8. The van der Waals surface area contributed by atoms with E-state index in [-0.39, 0.29) is 6.10 Å². The van der Waals surface area contributed by atoms with Gasteiger partial charge < -0.3 is 5.11 Å². The van der Waals surface area contributed by atoms with Crippen LogP contribution in [0.1, 0.15) is 37.8 Å². The molecule has 0 spiro atoms. The van der Waals surface area contributed by atoms with Crippen molar-refractivity contribution >= 4 is 0 Å². The Labute approximate surface area is 73.0 Å². The Bertz CT molecular complexity index is 255. The SMILES string of the molecule is CCc1cc(C(O)CC)n(C)n1. The Hall–Kier alpha value is -0.830. The molecular weight excluding hydrogens is 152 g/mol. The van der Waals surface area contributed by atoms with Crippen molar-refractivity contribution in [2.45, 2.75) is 32.8 Å². The third-order valence-corrected chi connectivity index (χ3v) is 2.06. The van der Waals surface area contributed by atoms with Gasteiger partial charge in [-0.3, -0.25) is 4.68 Å². The zero-order chi connectivity index (χ0) is 9.14. The molecule has 0 aromatic carbocycles. The molecule has 1 N–H and O–H groups in total. The summed E-state index contributed by atoms with van der Waals surface area (Å²) in [6.07, 6.45) is 1.29. The Morgan fingerprint density at radius 1 is 1.58 bits per heavy atom. The van der Waals surface area contributed by atoms with Crippen LogP contribution in [0.3, 0.4) is 0 Å². The van der Waals surface area contributed by atoms with Gasteiger partial charge in [0.05, 0.1) is 17.5 Å². The van der Waals surface area contributed by atoms with Crippen molar-refractivity contribution in [3.63, 3.8) is 0 Å². The van der Waals surface area contributed by atoms with Gasteiger partial charge >= 0.3 is 0 Å². The van der Waals surface area contributed by atoms with Gasteiger partial charge in [0, 0.05) is 7.05 Å². The third kappa shape index (κ3) is 1.67. The Morgan fingerprint density at radius 3 is 2.67 bits per heavy atom. The van der Waals surface area contributed by atoms with Crippen LogP contribution >= 0.6 is 0 Å². The molecule has 0 amide bonds. The predicted molar refractivity (Wildman–Crippen MR) is 47.8 cm³/mol. The van der Waals surface area contributed by atoms with Crippen LogP contribution < -0.4 is 0 Å². The fraction of sp³-hybridized carbons (Fsp3) is 0.667. The molecule has 0 aliphatic carbocycles. The van der Waals surface area contributed by atoms with Crippen molar-refractivity contribution in [2.24, 2.45) is 7.05 Å². The molecule has 0 fully saturated rings. The predicted octanol–water partition coefficient (Wildman–Crippen LogP) is 1.43. The molecule has 1 rings (SSSR count). The second-order valence-electron chi connectivity index (χ2n) is 2.96. The number of nitrogens with zero attached hydrogens (tertiary/aromatic N) is 2. The van der Waals surface area contributed by atoms with Crippen LogP contribution in [0.25, 0.3) is 0 Å². The lowest BCUT2D eigenvalue weighted by Gasteiger charge is -2.06. The third-order valence-electron chi connectivity index (χ3n) is 2.06. The van der Waals surface area contributed by atoms with E-state index in [4.69, 9.17) is 0 Å². The molecule has 0 radical (unpaired) electrons. The number of aliphatic hydroxyl groups is 1. The zero-order valence-corrected chi connectivity index (χ0v) is 7.91. The molecule has 12 heavy (non-hydrogen) atoms. The van der Waals surface area contributed by atoms with E-state index in [1.807, 2.05) is 20.0 Å². The Kier molecular flexibility index (Phi) is 2.87. The number of aromatic nitrogens is 2. The minimum absolute atomic E-state index is 0.372. The maximum atomic E-state index is 9.56. The van der Waals surface area contributed by atoms with Crippen LogP contribution in [0, 0.1) is 0 Å². The fourth-order valence-electron chi connectivity index (χ4n) is 1.24. The van der Waals surface area contributed by atoms with Crippen LogP contribution in [-0.4, -0.2) is 14.9 Å². The van der Waals surface area contributed by atoms with Crippen LogP contribution in [0.15, 0.2) is 6.07 Å². The molecule has 0 aliphatic rings. The van der Waals surface area contributed by atoms with Crippen LogP contribution in [0.2, 0.25) is 0 Å². The lowest BCUT2D eigenvalue weighted by molar-refractivity contribution is 0.164. The average molecular weight is 168 g/mol. The van der Waals surface area contributed by atoms with Crippen molar-refractivity contribution in [3.05, 3.63) is 17.5 Å². The first kappa shape index (κ1) is 9.26. The van der Waals surface area contributed by atoms with Crippen molar-refractivity contribution in [2.75, 3.05) is 0 Å². The number of aliphatic hydroxyl groups excluding tert-OH is 1. The monoisotopic (exact) mass is 168 g/mol. The summed E-state index contributed by atoms with van der Waals surface area (Å²) >= 11 is 0. The molecule has 1 aromatic rings. The topological polar surface area (TPSA) is 38.0 Å². The van der Waals surface area contributed by atoms with Crippen molar-refractivity contribution in [3.8, 4) is 0 Å². The highest BCUT2D eigenvalue weighted by Crippen LogP contribution is 2.16. The molecule has 3 nitrogen and oxygen atoms in total. The van der Waals surface area contributed by atoms with Crippen LogP contribution in [-0.2, 0) is 13.5 Å². The van der Waals surface area contributed by atoms with Gasteiger partial charge in [0.25, 0.3) is 0 Å². The van der Waals surface area contributed by atoms with E-state index in [0.717, 1.165) is 24.2 Å². The standard InChI is InChI=1S/C9H16N2O/c1-4-7-6-8(9(12)5-2)11(3)10-7/h6,9,12H,4-5H2,1-3H3. The molecule has 0 saturated carbocycles. The first-order chi connectivity index (χ1) is 5.69. The average Bonchev–Trinajstić information content (AvgIpc) is 2.45. The quantitative estimate of drug-likeness (QED) is 0.741. The van der Waals surface area contributed by atoms with Crippen molar-refractivity contribution in [1.29, 1.82) is 0 Å². The number of rotatable bonds is 3. The smallest absolute Gasteiger partial charge is 0.0954 e. The Balaban J connectivity index is 2.91. The summed E-state index contributed by atoms with van der Waals surface area (Å²) in [4.78, 5) is 0. The van der Waals surface area contributed by atoms with Gasteiger partial charge in [0.15, 0.2) is 0 Å². The minimum atomic E-state index is -0.372. The fourth-order valence-corrected chi connectivity index (χ4v) is 1.24. The van der Waals surface area contributed by atoms with Gasteiger partial charge in [-0.25, -0.2) is 0 Å². The summed E-state index contributed by atoms with van der Waals surface area (Å²) in [7, 11) is 1.87. The van der Waals surface area contributed by atoms with E-state index >= 15 is 0 Å². The lowest BCUT2D eigenvalue weighted by Crippen LogP contribution is -2.03. The van der Waals surface area contributed by atoms with E-state index in [2.05, 4.69) is 12.0 Å². The lowest BCUT2D eigenvalue weighted by atomic mass is 10.2. The highest BCUT2D eigenvalue weighted by molar-refractivity contribution is 5.12. The maximum Gasteiger partial charge on any atom is 0.0954 e. The van der Waals surface area contributed by atoms with E-state index in [0.29, 0.717) is 0 Å². The number of hydrogen-bond donors (Lipinski definition) is 1. The summed E-state index contributed by atoms with van der Waals surface area (Å²) in [5.74, 6) is 0. The summed E-state index contributed by atoms with van der Waals surface area (Å²) in [6, 6.07) is 1.97. The Morgan fingerprint density at radius 2 is 2.25 bits per heavy atom. The first-order valence-corrected chi connectivity index (χ1v) is 4.39. The molecule has 1 aromatic heterocycles. The molecule has 0 saturated heterocycles. The number of aryl methyl sites for hydroxylation is 2. The van der Waals surface area contributed by atoms with Gasteiger partial charge in [0.2, 0.25) is 0 Å². The molecule has 1 unspecified atom stereocenters. The highest BCUT2D eigenvalue weighted by atomic mass is 16.3. The van der Waals surface area contributed by atoms with E-state index < -0.39 is 0 Å². The van der Waals surface area contributed by atoms with E-state index in [9.17, 15) is 5.11 Å². The first-order valence-electron chi connectivity index (χ1n) is 4.39. The summed E-state index contributed by atoms with van der Waals surface area (Å²) < 4.78 is 1.76. The van der Waals surface area contributed by atoms with E-state index in [1.54, 1.807) is 4.68 Å². The van der Waals surface area contributed by atoms with Gasteiger partial charge in [-0.15, -0.1) is 0 Å². The minimum Gasteiger partial charge on any atom is -0.387 e. The van der Waals surface area contributed by atoms with Gasteiger partial charge in [-0.05, 0) is 18.9 Å². The van der Waals surface area contributed by atoms with Gasteiger partial charge in [0.1, 0.15) is 0 Å². The largest absolute Gasteiger partial charge is 0.387 e. The maximum absolute atomic E-state index is 9.56.